The van der Waals surface area contributed by atoms with Crippen LogP contribution in [0.15, 0.2) is 41.6 Å². The number of halogens is 3. The lowest BCUT2D eigenvalue weighted by Crippen LogP contribution is -2.47. The standard InChI is InChI=1S/C22H22F3N5S/c23-22(24,25)16-4-5-17-14(10-16)11-18(31)20(28-17)30-12-15(13-30)19-21(27-7-6-26-19)29-8-2-1-3-9-29/h4-7,10-11,15,31H,1-3,8-9,12-13H2. The van der Waals surface area contributed by atoms with Gasteiger partial charge < -0.3 is 9.80 Å². The quantitative estimate of drug-likeness (QED) is 0.580. The molecule has 2 saturated heterocycles. The molecule has 0 bridgehead atoms. The summed E-state index contributed by atoms with van der Waals surface area (Å²) >= 11 is 4.51. The van der Waals surface area contributed by atoms with Gasteiger partial charge in [0.2, 0.25) is 0 Å². The first-order chi connectivity index (χ1) is 14.9. The molecule has 0 spiro atoms. The fraction of sp³-hybridized carbons (Fsp3) is 0.409. The zero-order valence-corrected chi connectivity index (χ0v) is 17.7. The number of pyridine rings is 1. The third kappa shape index (κ3) is 3.91. The third-order valence-electron chi connectivity index (χ3n) is 6.03. The Morgan fingerprint density at radius 2 is 1.65 bits per heavy atom. The molecule has 2 aliphatic heterocycles. The van der Waals surface area contributed by atoms with Gasteiger partial charge in [0, 0.05) is 54.8 Å². The van der Waals surface area contributed by atoms with Gasteiger partial charge in [-0.3, -0.25) is 4.98 Å². The number of nitrogens with zero attached hydrogens (tertiary/aromatic N) is 5. The van der Waals surface area contributed by atoms with Crippen molar-refractivity contribution in [2.45, 2.75) is 36.3 Å². The minimum absolute atomic E-state index is 0.239. The smallest absolute Gasteiger partial charge is 0.355 e. The van der Waals surface area contributed by atoms with Gasteiger partial charge in [0.05, 0.1) is 16.8 Å². The molecule has 31 heavy (non-hydrogen) atoms. The van der Waals surface area contributed by atoms with E-state index in [0.29, 0.717) is 21.6 Å². The van der Waals surface area contributed by atoms with Crippen molar-refractivity contribution in [3.8, 4) is 0 Å². The zero-order chi connectivity index (χ0) is 21.6. The van der Waals surface area contributed by atoms with Crippen molar-refractivity contribution >= 4 is 35.2 Å². The Morgan fingerprint density at radius 3 is 2.39 bits per heavy atom. The Bertz CT molecular complexity index is 1110. The molecule has 0 N–H and O–H groups in total. The van der Waals surface area contributed by atoms with Gasteiger partial charge in [0.1, 0.15) is 5.82 Å². The van der Waals surface area contributed by atoms with Gasteiger partial charge in [-0.2, -0.15) is 13.2 Å². The van der Waals surface area contributed by atoms with Crippen LogP contribution >= 0.6 is 12.6 Å². The molecule has 1 aromatic carbocycles. The second-order valence-electron chi connectivity index (χ2n) is 8.15. The van der Waals surface area contributed by atoms with E-state index < -0.39 is 11.7 Å². The molecule has 2 aromatic heterocycles. The normalized spacial score (nSPS) is 17.8. The molecule has 2 aliphatic rings. The molecule has 0 atom stereocenters. The van der Waals surface area contributed by atoms with Crippen LogP contribution < -0.4 is 9.80 Å². The lowest BCUT2D eigenvalue weighted by Gasteiger charge is -2.41. The van der Waals surface area contributed by atoms with Crippen LogP contribution in [0.2, 0.25) is 0 Å². The highest BCUT2D eigenvalue weighted by molar-refractivity contribution is 7.80. The Labute approximate surface area is 183 Å². The van der Waals surface area contributed by atoms with E-state index in [4.69, 9.17) is 0 Å². The first-order valence-electron chi connectivity index (χ1n) is 10.4. The summed E-state index contributed by atoms with van der Waals surface area (Å²) in [6, 6.07) is 5.27. The van der Waals surface area contributed by atoms with E-state index in [1.165, 1.54) is 25.3 Å². The maximum Gasteiger partial charge on any atom is 0.416 e. The number of thiol groups is 1. The molecule has 0 saturated carbocycles. The van der Waals surface area contributed by atoms with Crippen LogP contribution in [0.5, 0.6) is 0 Å². The van der Waals surface area contributed by atoms with E-state index in [1.54, 1.807) is 18.5 Å². The second-order valence-corrected chi connectivity index (χ2v) is 8.63. The molecule has 0 amide bonds. The Morgan fingerprint density at radius 1 is 0.903 bits per heavy atom. The van der Waals surface area contributed by atoms with Gasteiger partial charge >= 0.3 is 6.18 Å². The number of hydrogen-bond donors (Lipinski definition) is 1. The first-order valence-corrected chi connectivity index (χ1v) is 10.9. The number of fused-ring (bicyclic) bond motifs is 1. The van der Waals surface area contributed by atoms with Crippen LogP contribution in [0.25, 0.3) is 10.9 Å². The van der Waals surface area contributed by atoms with Crippen LogP contribution in [0.1, 0.15) is 36.4 Å². The largest absolute Gasteiger partial charge is 0.416 e. The monoisotopic (exact) mass is 445 g/mol. The summed E-state index contributed by atoms with van der Waals surface area (Å²) in [7, 11) is 0. The predicted molar refractivity (Wildman–Crippen MR) is 117 cm³/mol. The Hall–Kier alpha value is -2.55. The van der Waals surface area contributed by atoms with Gasteiger partial charge in [-0.25, -0.2) is 9.97 Å². The maximum absolute atomic E-state index is 13.0. The van der Waals surface area contributed by atoms with Gasteiger partial charge in [0.15, 0.2) is 5.82 Å². The van der Waals surface area contributed by atoms with Crippen LogP contribution in [-0.2, 0) is 6.18 Å². The minimum Gasteiger partial charge on any atom is -0.355 e. The molecule has 162 valence electrons. The zero-order valence-electron chi connectivity index (χ0n) is 16.8. The third-order valence-corrected chi connectivity index (χ3v) is 6.36. The van der Waals surface area contributed by atoms with Crippen molar-refractivity contribution in [3.05, 3.63) is 47.9 Å². The summed E-state index contributed by atoms with van der Waals surface area (Å²) in [5.41, 5.74) is 0.855. The molecular weight excluding hydrogens is 423 g/mol. The first kappa shape index (κ1) is 20.4. The topological polar surface area (TPSA) is 45.2 Å². The van der Waals surface area contributed by atoms with Crippen molar-refractivity contribution < 1.29 is 13.2 Å². The fourth-order valence-corrected chi connectivity index (χ4v) is 4.70. The van der Waals surface area contributed by atoms with Gasteiger partial charge in [-0.15, -0.1) is 12.6 Å². The number of anilines is 2. The molecule has 5 nitrogen and oxygen atoms in total. The van der Waals surface area contributed by atoms with E-state index >= 15 is 0 Å². The second kappa shape index (κ2) is 7.85. The summed E-state index contributed by atoms with van der Waals surface area (Å²) in [6.07, 6.45) is 2.71. The van der Waals surface area contributed by atoms with Gasteiger partial charge in [-0.05, 0) is 43.5 Å². The summed E-state index contributed by atoms with van der Waals surface area (Å²) in [5, 5.41) is 0.432. The van der Waals surface area contributed by atoms with Crippen molar-refractivity contribution in [1.29, 1.82) is 0 Å². The van der Waals surface area contributed by atoms with Crippen molar-refractivity contribution in [1.82, 2.24) is 15.0 Å². The molecule has 3 aromatic rings. The van der Waals surface area contributed by atoms with E-state index in [1.807, 2.05) is 0 Å². The van der Waals surface area contributed by atoms with Crippen LogP contribution in [0.4, 0.5) is 24.8 Å². The average molecular weight is 446 g/mol. The van der Waals surface area contributed by atoms with Crippen molar-refractivity contribution in [2.75, 3.05) is 36.0 Å². The van der Waals surface area contributed by atoms with Crippen molar-refractivity contribution in [2.24, 2.45) is 0 Å². The summed E-state index contributed by atoms with van der Waals surface area (Å²) in [6.45, 7) is 3.47. The van der Waals surface area contributed by atoms with E-state index in [-0.39, 0.29) is 5.92 Å². The predicted octanol–water partition coefficient (Wildman–Crippen LogP) is 4.93. The molecule has 4 heterocycles. The number of aromatic nitrogens is 3. The van der Waals surface area contributed by atoms with E-state index in [9.17, 15) is 13.2 Å². The molecule has 2 fully saturated rings. The van der Waals surface area contributed by atoms with Crippen LogP contribution in [0.3, 0.4) is 0 Å². The summed E-state index contributed by atoms with van der Waals surface area (Å²) in [4.78, 5) is 18.8. The number of alkyl halides is 3. The fourth-order valence-electron chi connectivity index (χ4n) is 4.37. The van der Waals surface area contributed by atoms with Crippen LogP contribution in [-0.4, -0.2) is 41.1 Å². The molecule has 0 radical (unpaired) electrons. The highest BCUT2D eigenvalue weighted by Gasteiger charge is 2.35. The highest BCUT2D eigenvalue weighted by Crippen LogP contribution is 2.38. The summed E-state index contributed by atoms with van der Waals surface area (Å²) < 4.78 is 39.0. The Balaban J connectivity index is 1.37. The minimum atomic E-state index is -4.38. The number of rotatable bonds is 3. The lowest BCUT2D eigenvalue weighted by atomic mass is 9.95. The Kier molecular flexibility index (Phi) is 5.16. The van der Waals surface area contributed by atoms with Gasteiger partial charge in [0.25, 0.3) is 0 Å². The lowest BCUT2D eigenvalue weighted by molar-refractivity contribution is -0.137. The van der Waals surface area contributed by atoms with E-state index in [0.717, 1.165) is 49.8 Å². The maximum atomic E-state index is 13.0. The number of benzene rings is 1. The average Bonchev–Trinajstić information content (AvgIpc) is 2.73. The SMILES string of the molecule is FC(F)(F)c1ccc2nc(N3CC(c4nccnc4N4CCCCC4)C3)c(S)cc2c1. The molecule has 0 aliphatic carbocycles. The van der Waals surface area contributed by atoms with E-state index in [2.05, 4.69) is 37.4 Å². The summed E-state index contributed by atoms with van der Waals surface area (Å²) in [5.74, 6) is 1.91. The number of piperidine rings is 1. The number of hydrogen-bond acceptors (Lipinski definition) is 6. The highest BCUT2D eigenvalue weighted by atomic mass is 32.1. The van der Waals surface area contributed by atoms with Gasteiger partial charge in [-0.1, -0.05) is 0 Å². The molecular formula is C22H22F3N5S. The molecule has 0 unspecified atom stereocenters. The van der Waals surface area contributed by atoms with Crippen LogP contribution in [0, 0.1) is 0 Å². The molecule has 9 heteroatoms. The van der Waals surface area contributed by atoms with Crippen molar-refractivity contribution in [3.63, 3.8) is 0 Å². The molecule has 5 rings (SSSR count).